The van der Waals surface area contributed by atoms with E-state index >= 15 is 0 Å². The lowest BCUT2D eigenvalue weighted by Gasteiger charge is -2.34. The maximum absolute atomic E-state index is 11.3. The molecule has 32 heavy (non-hydrogen) atoms. The van der Waals surface area contributed by atoms with Crippen LogP contribution in [0.1, 0.15) is 76.6 Å². The van der Waals surface area contributed by atoms with Crippen molar-refractivity contribution in [3.05, 3.63) is 58.7 Å². The van der Waals surface area contributed by atoms with Crippen molar-refractivity contribution in [1.82, 2.24) is 0 Å². The Balaban J connectivity index is 2.34. The Morgan fingerprint density at radius 3 is 1.75 bits per heavy atom. The van der Waals surface area contributed by atoms with Gasteiger partial charge >= 0.3 is 0 Å². The zero-order valence-corrected chi connectivity index (χ0v) is 21.0. The van der Waals surface area contributed by atoms with Gasteiger partial charge in [-0.25, -0.2) is 0 Å². The van der Waals surface area contributed by atoms with Gasteiger partial charge in [0.15, 0.2) is 5.78 Å². The largest absolute Gasteiger partial charge is 0.491 e. The first-order chi connectivity index (χ1) is 14.9. The molecule has 0 bridgehead atoms. The van der Waals surface area contributed by atoms with Gasteiger partial charge in [0, 0.05) is 5.41 Å². The van der Waals surface area contributed by atoms with Crippen molar-refractivity contribution in [2.24, 2.45) is 5.41 Å². The van der Waals surface area contributed by atoms with Crippen molar-refractivity contribution in [2.75, 3.05) is 13.2 Å². The highest BCUT2D eigenvalue weighted by Crippen LogP contribution is 2.41. The number of Topliss-reactive ketones (excluding diaryl/α,β-unsaturated/α-hetero) is 1. The van der Waals surface area contributed by atoms with Crippen LogP contribution in [0.5, 0.6) is 11.5 Å². The van der Waals surface area contributed by atoms with Crippen LogP contribution >= 0.6 is 0 Å². The van der Waals surface area contributed by atoms with Gasteiger partial charge in [0.25, 0.3) is 0 Å². The summed E-state index contributed by atoms with van der Waals surface area (Å²) in [5.74, 6) is 1.57. The van der Waals surface area contributed by atoms with E-state index in [2.05, 4.69) is 45.0 Å². The van der Waals surface area contributed by atoms with Crippen LogP contribution in [0.4, 0.5) is 0 Å². The Bertz CT molecular complexity index is 920. The number of hydrogen-bond donors (Lipinski definition) is 1. The molecule has 1 unspecified atom stereocenters. The summed E-state index contributed by atoms with van der Waals surface area (Å²) >= 11 is 0. The van der Waals surface area contributed by atoms with Crippen LogP contribution in [0.3, 0.4) is 0 Å². The summed E-state index contributed by atoms with van der Waals surface area (Å²) in [6, 6.07) is 12.7. The molecule has 0 fully saturated rings. The zero-order chi connectivity index (χ0) is 24.1. The highest BCUT2D eigenvalue weighted by atomic mass is 16.5. The highest BCUT2D eigenvalue weighted by molar-refractivity contribution is 5.77. The van der Waals surface area contributed by atoms with E-state index in [0.29, 0.717) is 0 Å². The SMILES string of the molecule is CCC(CC)(c1ccc(OCC(C)=O)c(C)c1)c1ccc(OCC(O)C(C)(C)C)c(C)c1. The number of aryl methyl sites for hydroxylation is 2. The number of ether oxygens (including phenoxy) is 2. The van der Waals surface area contributed by atoms with Crippen LogP contribution in [-0.2, 0) is 10.2 Å². The summed E-state index contributed by atoms with van der Waals surface area (Å²) in [7, 11) is 0. The predicted molar refractivity (Wildman–Crippen MR) is 131 cm³/mol. The van der Waals surface area contributed by atoms with Gasteiger partial charge in [-0.2, -0.15) is 0 Å². The van der Waals surface area contributed by atoms with Crippen molar-refractivity contribution in [3.8, 4) is 11.5 Å². The maximum Gasteiger partial charge on any atom is 0.167 e. The minimum absolute atomic E-state index is 0.0118. The van der Waals surface area contributed by atoms with Gasteiger partial charge in [-0.05, 0) is 73.4 Å². The number of carbonyl (C=O) groups excluding carboxylic acids is 1. The Kier molecular flexibility index (Phi) is 8.53. The number of ketones is 1. The molecular weight excluding hydrogens is 400 g/mol. The second kappa shape index (κ2) is 10.5. The lowest BCUT2D eigenvalue weighted by molar-refractivity contribution is -0.118. The second-order valence-electron chi connectivity index (χ2n) is 9.93. The number of aliphatic hydroxyl groups is 1. The van der Waals surface area contributed by atoms with Gasteiger partial charge < -0.3 is 14.6 Å². The standard InChI is InChI=1S/C28H40O4/c1-9-28(10-2,22-11-13-24(19(3)15-22)31-17-21(5)29)23-12-14-25(20(4)16-23)32-18-26(30)27(6,7)8/h11-16,26,30H,9-10,17-18H2,1-8H3. The summed E-state index contributed by atoms with van der Waals surface area (Å²) in [6.07, 6.45) is 1.39. The fourth-order valence-electron chi connectivity index (χ4n) is 4.05. The van der Waals surface area contributed by atoms with Crippen LogP contribution < -0.4 is 9.47 Å². The average Bonchev–Trinajstić information content (AvgIpc) is 2.72. The Morgan fingerprint density at radius 2 is 1.38 bits per heavy atom. The van der Waals surface area contributed by atoms with Gasteiger partial charge in [0.1, 0.15) is 24.7 Å². The number of aliphatic hydroxyl groups excluding tert-OH is 1. The van der Waals surface area contributed by atoms with Crippen LogP contribution in [0, 0.1) is 19.3 Å². The predicted octanol–water partition coefficient (Wildman–Crippen LogP) is 6.16. The molecule has 0 amide bonds. The minimum Gasteiger partial charge on any atom is -0.491 e. The Labute approximate surface area is 194 Å². The van der Waals surface area contributed by atoms with E-state index in [1.165, 1.54) is 18.1 Å². The first-order valence-corrected chi connectivity index (χ1v) is 11.6. The molecule has 176 valence electrons. The molecule has 0 radical (unpaired) electrons. The topological polar surface area (TPSA) is 55.8 Å². The van der Waals surface area contributed by atoms with Gasteiger partial charge in [0.2, 0.25) is 0 Å². The maximum atomic E-state index is 11.3. The number of benzene rings is 2. The van der Waals surface area contributed by atoms with Crippen molar-refractivity contribution in [2.45, 2.75) is 79.8 Å². The van der Waals surface area contributed by atoms with E-state index in [4.69, 9.17) is 9.47 Å². The molecule has 0 aliphatic heterocycles. The molecule has 4 heteroatoms. The second-order valence-corrected chi connectivity index (χ2v) is 9.93. The lowest BCUT2D eigenvalue weighted by Crippen LogP contribution is -2.32. The number of carbonyl (C=O) groups is 1. The lowest BCUT2D eigenvalue weighted by atomic mass is 9.70. The van der Waals surface area contributed by atoms with Gasteiger partial charge in [-0.15, -0.1) is 0 Å². The average molecular weight is 441 g/mol. The fourth-order valence-corrected chi connectivity index (χ4v) is 4.05. The van der Waals surface area contributed by atoms with Crippen molar-refractivity contribution in [3.63, 3.8) is 0 Å². The molecule has 0 aromatic heterocycles. The van der Waals surface area contributed by atoms with E-state index in [0.717, 1.165) is 35.5 Å². The van der Waals surface area contributed by atoms with Crippen LogP contribution in [0.25, 0.3) is 0 Å². The van der Waals surface area contributed by atoms with E-state index in [-0.39, 0.29) is 29.8 Å². The molecule has 2 aromatic rings. The number of hydrogen-bond acceptors (Lipinski definition) is 4. The first kappa shape index (κ1) is 25.9. The molecule has 0 aliphatic rings. The molecule has 0 heterocycles. The zero-order valence-electron chi connectivity index (χ0n) is 21.0. The van der Waals surface area contributed by atoms with Crippen LogP contribution in [0.2, 0.25) is 0 Å². The molecule has 1 N–H and O–H groups in total. The summed E-state index contributed by atoms with van der Waals surface area (Å²) < 4.78 is 11.6. The molecular formula is C28H40O4. The molecule has 4 nitrogen and oxygen atoms in total. The molecule has 0 aliphatic carbocycles. The van der Waals surface area contributed by atoms with E-state index < -0.39 is 6.10 Å². The van der Waals surface area contributed by atoms with Gasteiger partial charge in [-0.1, -0.05) is 58.9 Å². The van der Waals surface area contributed by atoms with Crippen molar-refractivity contribution >= 4 is 5.78 Å². The Morgan fingerprint density at radius 1 is 0.906 bits per heavy atom. The Hall–Kier alpha value is -2.33. The van der Waals surface area contributed by atoms with E-state index in [1.807, 2.05) is 39.8 Å². The first-order valence-electron chi connectivity index (χ1n) is 11.6. The molecule has 1 atom stereocenters. The normalized spacial score (nSPS) is 13.0. The monoisotopic (exact) mass is 440 g/mol. The van der Waals surface area contributed by atoms with Crippen molar-refractivity contribution in [1.29, 1.82) is 0 Å². The summed E-state index contributed by atoms with van der Waals surface area (Å²) in [4.78, 5) is 11.3. The van der Waals surface area contributed by atoms with Crippen LogP contribution in [-0.4, -0.2) is 30.2 Å². The van der Waals surface area contributed by atoms with Crippen LogP contribution in [0.15, 0.2) is 36.4 Å². The smallest absolute Gasteiger partial charge is 0.167 e. The fraction of sp³-hybridized carbons (Fsp3) is 0.536. The number of rotatable bonds is 10. The molecule has 0 spiro atoms. The van der Waals surface area contributed by atoms with E-state index in [9.17, 15) is 9.90 Å². The minimum atomic E-state index is -0.529. The van der Waals surface area contributed by atoms with Gasteiger partial charge in [0.05, 0.1) is 6.10 Å². The third kappa shape index (κ3) is 5.92. The molecule has 2 aromatic carbocycles. The molecule has 0 saturated carbocycles. The van der Waals surface area contributed by atoms with E-state index in [1.54, 1.807) is 0 Å². The third-order valence-corrected chi connectivity index (χ3v) is 6.49. The summed E-state index contributed by atoms with van der Waals surface area (Å²) in [5, 5.41) is 10.3. The molecule has 0 saturated heterocycles. The summed E-state index contributed by atoms with van der Waals surface area (Å²) in [5.41, 5.74) is 4.24. The van der Waals surface area contributed by atoms with Crippen molar-refractivity contribution < 1.29 is 19.4 Å². The quantitative estimate of drug-likeness (QED) is 0.480. The summed E-state index contributed by atoms with van der Waals surface area (Å²) in [6.45, 7) is 16.4. The third-order valence-electron chi connectivity index (χ3n) is 6.49. The molecule has 2 rings (SSSR count). The van der Waals surface area contributed by atoms with Gasteiger partial charge in [-0.3, -0.25) is 4.79 Å². The highest BCUT2D eigenvalue weighted by Gasteiger charge is 2.32.